The van der Waals surface area contributed by atoms with Gasteiger partial charge in [0.2, 0.25) is 10.0 Å². The number of nitro benzene ring substituents is 1. The molecule has 0 unspecified atom stereocenters. The average Bonchev–Trinajstić information content (AvgIpc) is 3.11. The van der Waals surface area contributed by atoms with E-state index in [9.17, 15) is 18.5 Å². The molecule has 98 valence electrons. The maximum Gasteiger partial charge on any atom is 0.271 e. The van der Waals surface area contributed by atoms with Gasteiger partial charge in [0.05, 0.1) is 10.6 Å². The van der Waals surface area contributed by atoms with E-state index in [0.29, 0.717) is 0 Å². The third kappa shape index (κ3) is 2.58. The van der Waals surface area contributed by atoms with Crippen molar-refractivity contribution in [3.8, 4) is 0 Å². The molecule has 1 fully saturated rings. The van der Waals surface area contributed by atoms with E-state index in [1.165, 1.54) is 0 Å². The van der Waals surface area contributed by atoms with E-state index >= 15 is 0 Å². The number of nitrogens with one attached hydrogen (secondary N) is 2. The van der Waals surface area contributed by atoms with Gasteiger partial charge in [-0.2, -0.15) is 0 Å². The molecule has 1 aromatic carbocycles. The number of anilines is 1. The molecule has 0 amide bonds. The quantitative estimate of drug-likeness (QED) is 0.402. The van der Waals surface area contributed by atoms with E-state index in [1.807, 2.05) is 0 Å². The first-order valence-electron chi connectivity index (χ1n) is 5.21. The Morgan fingerprint density at radius 1 is 1.39 bits per heavy atom. The van der Waals surface area contributed by atoms with Crippen molar-refractivity contribution in [2.75, 3.05) is 5.43 Å². The number of hydrogen-bond acceptors (Lipinski definition) is 6. The van der Waals surface area contributed by atoms with Gasteiger partial charge in [0.1, 0.15) is 4.90 Å². The molecule has 0 aromatic heterocycles. The van der Waals surface area contributed by atoms with Gasteiger partial charge < -0.3 is 5.43 Å². The number of hydrogen-bond donors (Lipinski definition) is 3. The van der Waals surface area contributed by atoms with E-state index in [-0.39, 0.29) is 22.3 Å². The molecular weight excluding hydrogens is 260 g/mol. The normalized spacial score (nSPS) is 15.4. The highest BCUT2D eigenvalue weighted by Crippen LogP contribution is 2.28. The first kappa shape index (κ1) is 12.7. The summed E-state index contributed by atoms with van der Waals surface area (Å²) in [7, 11) is -3.70. The van der Waals surface area contributed by atoms with Crippen LogP contribution in [0.15, 0.2) is 23.1 Å². The molecule has 0 radical (unpaired) electrons. The molecule has 1 aromatic rings. The zero-order chi connectivity index (χ0) is 13.3. The fourth-order valence-corrected chi connectivity index (χ4v) is 2.92. The third-order valence-electron chi connectivity index (χ3n) is 2.52. The van der Waals surface area contributed by atoms with Crippen molar-refractivity contribution in [3.63, 3.8) is 0 Å². The minimum Gasteiger partial charge on any atom is -0.323 e. The lowest BCUT2D eigenvalue weighted by Crippen LogP contribution is -2.27. The van der Waals surface area contributed by atoms with Crippen LogP contribution in [-0.2, 0) is 10.0 Å². The van der Waals surface area contributed by atoms with Crippen LogP contribution in [0, 0.1) is 10.1 Å². The van der Waals surface area contributed by atoms with Gasteiger partial charge in [0.15, 0.2) is 0 Å². The number of nitrogens with zero attached hydrogens (tertiary/aromatic N) is 1. The highest BCUT2D eigenvalue weighted by atomic mass is 32.2. The molecule has 0 heterocycles. The number of nitrogens with two attached hydrogens (primary N) is 1. The van der Waals surface area contributed by atoms with E-state index in [2.05, 4.69) is 10.1 Å². The summed E-state index contributed by atoms with van der Waals surface area (Å²) in [6, 6.07) is 3.33. The fourth-order valence-electron chi connectivity index (χ4n) is 1.46. The number of benzene rings is 1. The summed E-state index contributed by atoms with van der Waals surface area (Å²) < 4.78 is 26.4. The highest BCUT2D eigenvalue weighted by molar-refractivity contribution is 7.89. The molecule has 0 bridgehead atoms. The van der Waals surface area contributed by atoms with Gasteiger partial charge in [-0.1, -0.05) is 0 Å². The number of nitrogen functional groups attached to an aromatic ring is 1. The molecule has 8 nitrogen and oxygen atoms in total. The first-order chi connectivity index (χ1) is 8.44. The molecule has 0 atom stereocenters. The smallest absolute Gasteiger partial charge is 0.271 e. The second kappa shape index (κ2) is 4.52. The van der Waals surface area contributed by atoms with E-state index in [0.717, 1.165) is 31.0 Å². The number of sulfonamides is 1. The molecule has 1 aliphatic carbocycles. The molecule has 0 spiro atoms. The van der Waals surface area contributed by atoms with Crippen molar-refractivity contribution >= 4 is 21.4 Å². The summed E-state index contributed by atoms with van der Waals surface area (Å²) in [4.78, 5) is 9.88. The highest BCUT2D eigenvalue weighted by Gasteiger charge is 2.29. The van der Waals surface area contributed by atoms with E-state index in [1.54, 1.807) is 0 Å². The lowest BCUT2D eigenvalue weighted by atomic mass is 10.3. The van der Waals surface area contributed by atoms with Crippen LogP contribution in [-0.4, -0.2) is 19.4 Å². The van der Waals surface area contributed by atoms with Crippen LogP contribution in [0.25, 0.3) is 0 Å². The van der Waals surface area contributed by atoms with Gasteiger partial charge in [0.25, 0.3) is 5.69 Å². The molecule has 0 aliphatic heterocycles. The molecular formula is C9H12N4O4S. The Labute approximate surface area is 103 Å². The minimum atomic E-state index is -3.70. The Balaban J connectivity index is 2.40. The van der Waals surface area contributed by atoms with Crippen LogP contribution in [0.4, 0.5) is 11.4 Å². The molecule has 2 rings (SSSR count). The van der Waals surface area contributed by atoms with E-state index in [4.69, 9.17) is 5.84 Å². The summed E-state index contributed by atoms with van der Waals surface area (Å²) in [6.45, 7) is 0. The topological polar surface area (TPSA) is 127 Å². The number of hydrazine groups is 1. The van der Waals surface area contributed by atoms with Crippen LogP contribution in [0.3, 0.4) is 0 Å². The van der Waals surface area contributed by atoms with E-state index < -0.39 is 14.9 Å². The average molecular weight is 272 g/mol. The Morgan fingerprint density at radius 3 is 2.56 bits per heavy atom. The molecule has 1 saturated carbocycles. The maximum absolute atomic E-state index is 12.0. The fraction of sp³-hybridized carbons (Fsp3) is 0.333. The number of rotatable bonds is 5. The van der Waals surface area contributed by atoms with Crippen LogP contribution >= 0.6 is 0 Å². The lowest BCUT2D eigenvalue weighted by Gasteiger charge is -2.10. The molecule has 18 heavy (non-hydrogen) atoms. The Hall–Kier alpha value is -1.71. The van der Waals surface area contributed by atoms with Crippen LogP contribution in [0.1, 0.15) is 12.8 Å². The molecule has 9 heteroatoms. The SMILES string of the molecule is NNc1cc([N+](=O)[O-])ccc1S(=O)(=O)NC1CC1. The van der Waals surface area contributed by atoms with Crippen molar-refractivity contribution in [2.24, 2.45) is 5.84 Å². The van der Waals surface area contributed by atoms with Gasteiger partial charge in [-0.05, 0) is 18.9 Å². The molecule has 1 aliphatic rings. The number of non-ortho nitro benzene ring substituents is 1. The van der Waals surface area contributed by atoms with Crippen molar-refractivity contribution in [3.05, 3.63) is 28.3 Å². The Morgan fingerprint density at radius 2 is 2.06 bits per heavy atom. The summed E-state index contributed by atoms with van der Waals surface area (Å²) in [5.74, 6) is 5.20. The van der Waals surface area contributed by atoms with Gasteiger partial charge >= 0.3 is 0 Å². The van der Waals surface area contributed by atoms with Gasteiger partial charge in [0, 0.05) is 18.2 Å². The zero-order valence-electron chi connectivity index (χ0n) is 9.29. The van der Waals surface area contributed by atoms with Crippen LogP contribution in [0.2, 0.25) is 0 Å². The lowest BCUT2D eigenvalue weighted by molar-refractivity contribution is -0.384. The minimum absolute atomic E-state index is 0.00245. The van der Waals surface area contributed by atoms with Crippen molar-refractivity contribution in [2.45, 2.75) is 23.8 Å². The standard InChI is InChI=1S/C9H12N4O4S/c10-11-8-5-7(13(14)15)3-4-9(8)18(16,17)12-6-1-2-6/h3-6,11-12H,1-2,10H2. The Bertz CT molecular complexity index is 582. The predicted octanol–water partition coefficient (Wildman–Crippen LogP) is 0.321. The Kier molecular flexibility index (Phi) is 3.20. The molecule has 0 saturated heterocycles. The monoisotopic (exact) mass is 272 g/mol. The summed E-state index contributed by atoms with van der Waals surface area (Å²) in [6.07, 6.45) is 1.61. The summed E-state index contributed by atoms with van der Waals surface area (Å²) >= 11 is 0. The predicted molar refractivity (Wildman–Crippen MR) is 64.3 cm³/mol. The second-order valence-corrected chi connectivity index (χ2v) is 5.66. The summed E-state index contributed by atoms with van der Waals surface area (Å²) in [5, 5.41) is 10.6. The van der Waals surface area contributed by atoms with Crippen LogP contribution in [0.5, 0.6) is 0 Å². The third-order valence-corrected chi connectivity index (χ3v) is 4.10. The van der Waals surface area contributed by atoms with Crippen molar-refractivity contribution in [1.29, 1.82) is 0 Å². The van der Waals surface area contributed by atoms with Gasteiger partial charge in [-0.3, -0.25) is 16.0 Å². The zero-order valence-corrected chi connectivity index (χ0v) is 10.1. The largest absolute Gasteiger partial charge is 0.323 e. The second-order valence-electron chi connectivity index (χ2n) is 3.98. The molecule has 4 N–H and O–H groups in total. The first-order valence-corrected chi connectivity index (χ1v) is 6.70. The van der Waals surface area contributed by atoms with Crippen molar-refractivity contribution in [1.82, 2.24) is 4.72 Å². The van der Waals surface area contributed by atoms with Gasteiger partial charge in [-0.25, -0.2) is 13.1 Å². The van der Waals surface area contributed by atoms with Crippen molar-refractivity contribution < 1.29 is 13.3 Å². The van der Waals surface area contributed by atoms with Crippen LogP contribution < -0.4 is 16.0 Å². The van der Waals surface area contributed by atoms with Gasteiger partial charge in [-0.15, -0.1) is 0 Å². The number of nitro groups is 1. The summed E-state index contributed by atoms with van der Waals surface area (Å²) in [5.41, 5.74) is 1.94. The maximum atomic E-state index is 12.0.